The van der Waals surface area contributed by atoms with Crippen LogP contribution in [0.1, 0.15) is 12.5 Å². The van der Waals surface area contributed by atoms with Crippen molar-refractivity contribution in [2.75, 3.05) is 6.61 Å². The first-order valence-corrected chi connectivity index (χ1v) is 3.61. The van der Waals surface area contributed by atoms with Gasteiger partial charge in [0.2, 0.25) is 0 Å². The van der Waals surface area contributed by atoms with Crippen LogP contribution in [0.25, 0.3) is 0 Å². The molecule has 0 aliphatic carbocycles. The summed E-state index contributed by atoms with van der Waals surface area (Å²) in [5, 5.41) is 0. The Kier molecular flexibility index (Phi) is 1.26. The molecule has 1 heterocycles. The molecular formula is C9H9FO. The molecule has 1 atom stereocenters. The van der Waals surface area contributed by atoms with Crippen LogP contribution in [-0.2, 0) is 10.3 Å². The predicted octanol–water partition coefficient (Wildman–Crippen LogP) is 2.07. The summed E-state index contributed by atoms with van der Waals surface area (Å²) in [7, 11) is 0. The van der Waals surface area contributed by atoms with Crippen molar-refractivity contribution in [3.8, 4) is 0 Å². The maximum atomic E-state index is 13.0. The summed E-state index contributed by atoms with van der Waals surface area (Å²) in [6.07, 6.45) is 0. The van der Waals surface area contributed by atoms with Crippen LogP contribution >= 0.6 is 0 Å². The number of halogens is 1. The Bertz CT molecular complexity index is 279. The standard InChI is InChI=1S/C9H9FO/c1-9(6-11-9)7-4-2-3-5-8(7)10/h2-5H,6H2,1H3/t9-/m1/s1. The van der Waals surface area contributed by atoms with E-state index in [0.29, 0.717) is 12.2 Å². The highest BCUT2D eigenvalue weighted by molar-refractivity contribution is 5.27. The van der Waals surface area contributed by atoms with E-state index in [0.717, 1.165) is 0 Å². The van der Waals surface area contributed by atoms with Crippen molar-refractivity contribution < 1.29 is 9.13 Å². The molecule has 2 rings (SSSR count). The van der Waals surface area contributed by atoms with Gasteiger partial charge < -0.3 is 4.74 Å². The van der Waals surface area contributed by atoms with Gasteiger partial charge in [-0.15, -0.1) is 0 Å². The van der Waals surface area contributed by atoms with Crippen LogP contribution < -0.4 is 0 Å². The largest absolute Gasteiger partial charge is 0.365 e. The van der Waals surface area contributed by atoms with Gasteiger partial charge in [-0.1, -0.05) is 18.2 Å². The molecule has 1 aliphatic heterocycles. The molecule has 58 valence electrons. The molecule has 0 saturated carbocycles. The van der Waals surface area contributed by atoms with Gasteiger partial charge in [0.25, 0.3) is 0 Å². The Morgan fingerprint density at radius 3 is 2.64 bits per heavy atom. The number of hydrogen-bond donors (Lipinski definition) is 0. The second kappa shape index (κ2) is 2.05. The van der Waals surface area contributed by atoms with E-state index in [-0.39, 0.29) is 11.4 Å². The van der Waals surface area contributed by atoms with E-state index in [1.54, 1.807) is 12.1 Å². The van der Waals surface area contributed by atoms with Gasteiger partial charge in [-0.2, -0.15) is 0 Å². The van der Waals surface area contributed by atoms with Crippen molar-refractivity contribution in [3.63, 3.8) is 0 Å². The zero-order valence-corrected chi connectivity index (χ0v) is 6.30. The van der Waals surface area contributed by atoms with Gasteiger partial charge in [0.15, 0.2) is 0 Å². The van der Waals surface area contributed by atoms with E-state index < -0.39 is 0 Å². The molecule has 1 saturated heterocycles. The van der Waals surface area contributed by atoms with Crippen molar-refractivity contribution in [2.24, 2.45) is 0 Å². The smallest absolute Gasteiger partial charge is 0.129 e. The summed E-state index contributed by atoms with van der Waals surface area (Å²) in [5.74, 6) is -0.174. The molecule has 1 aromatic rings. The lowest BCUT2D eigenvalue weighted by molar-refractivity contribution is 0.321. The lowest BCUT2D eigenvalue weighted by Crippen LogP contribution is -2.04. The average Bonchev–Trinajstić information content (AvgIpc) is 2.70. The lowest BCUT2D eigenvalue weighted by Gasteiger charge is -2.05. The van der Waals surface area contributed by atoms with Gasteiger partial charge in [0, 0.05) is 5.56 Å². The minimum atomic E-state index is -0.342. The summed E-state index contributed by atoms with van der Waals surface area (Å²) in [5.41, 5.74) is 0.325. The SMILES string of the molecule is C[C@]1(c2ccccc2F)CO1. The van der Waals surface area contributed by atoms with Gasteiger partial charge in [-0.3, -0.25) is 0 Å². The van der Waals surface area contributed by atoms with Crippen molar-refractivity contribution in [1.29, 1.82) is 0 Å². The molecule has 0 aromatic heterocycles. The first-order valence-electron chi connectivity index (χ1n) is 3.61. The number of ether oxygens (including phenoxy) is 1. The first kappa shape index (κ1) is 6.80. The highest BCUT2D eigenvalue weighted by Crippen LogP contribution is 2.38. The van der Waals surface area contributed by atoms with E-state index in [1.165, 1.54) is 6.07 Å². The molecule has 1 aliphatic rings. The van der Waals surface area contributed by atoms with E-state index >= 15 is 0 Å². The lowest BCUT2D eigenvalue weighted by atomic mass is 10.0. The van der Waals surface area contributed by atoms with Crippen LogP contribution in [0.4, 0.5) is 4.39 Å². The fourth-order valence-electron chi connectivity index (χ4n) is 1.15. The fourth-order valence-corrected chi connectivity index (χ4v) is 1.15. The molecule has 0 N–H and O–H groups in total. The summed E-state index contributed by atoms with van der Waals surface area (Å²) >= 11 is 0. The molecule has 11 heavy (non-hydrogen) atoms. The van der Waals surface area contributed by atoms with Gasteiger partial charge >= 0.3 is 0 Å². The quantitative estimate of drug-likeness (QED) is 0.561. The zero-order chi connectivity index (χ0) is 7.90. The van der Waals surface area contributed by atoms with Crippen molar-refractivity contribution in [3.05, 3.63) is 35.6 Å². The Morgan fingerprint density at radius 2 is 2.09 bits per heavy atom. The van der Waals surface area contributed by atoms with Crippen LogP contribution in [-0.4, -0.2) is 6.61 Å². The second-order valence-corrected chi connectivity index (χ2v) is 3.00. The molecule has 0 amide bonds. The van der Waals surface area contributed by atoms with E-state index in [4.69, 9.17) is 4.74 Å². The van der Waals surface area contributed by atoms with Gasteiger partial charge in [-0.25, -0.2) is 4.39 Å². The highest BCUT2D eigenvalue weighted by atomic mass is 19.1. The van der Waals surface area contributed by atoms with Crippen LogP contribution in [0.5, 0.6) is 0 Å². The summed E-state index contributed by atoms with van der Waals surface area (Å²) in [6.45, 7) is 2.53. The van der Waals surface area contributed by atoms with Crippen LogP contribution in [0.15, 0.2) is 24.3 Å². The highest BCUT2D eigenvalue weighted by Gasteiger charge is 2.42. The molecule has 0 bridgehead atoms. The molecule has 0 unspecified atom stereocenters. The maximum absolute atomic E-state index is 13.0. The summed E-state index contributed by atoms with van der Waals surface area (Å²) in [4.78, 5) is 0. The van der Waals surface area contributed by atoms with Crippen molar-refractivity contribution in [1.82, 2.24) is 0 Å². The minimum absolute atomic E-state index is 0.174. The Balaban J connectivity index is 2.45. The third-order valence-electron chi connectivity index (χ3n) is 2.02. The third kappa shape index (κ3) is 1.03. The first-order chi connectivity index (χ1) is 5.22. The van der Waals surface area contributed by atoms with Gasteiger partial charge in [0.05, 0.1) is 6.61 Å². The summed E-state index contributed by atoms with van der Waals surface area (Å²) < 4.78 is 18.2. The van der Waals surface area contributed by atoms with Crippen LogP contribution in [0, 0.1) is 5.82 Å². The predicted molar refractivity (Wildman–Crippen MR) is 39.7 cm³/mol. The monoisotopic (exact) mass is 152 g/mol. The van der Waals surface area contributed by atoms with Crippen molar-refractivity contribution in [2.45, 2.75) is 12.5 Å². The van der Waals surface area contributed by atoms with E-state index in [9.17, 15) is 4.39 Å². The van der Waals surface area contributed by atoms with Crippen LogP contribution in [0.3, 0.4) is 0 Å². The molecular weight excluding hydrogens is 143 g/mol. The Morgan fingerprint density at radius 1 is 1.45 bits per heavy atom. The zero-order valence-electron chi connectivity index (χ0n) is 6.30. The topological polar surface area (TPSA) is 12.5 Å². The maximum Gasteiger partial charge on any atom is 0.129 e. The number of hydrogen-bond acceptors (Lipinski definition) is 1. The number of epoxide rings is 1. The molecule has 1 aromatic carbocycles. The number of benzene rings is 1. The molecule has 0 radical (unpaired) electrons. The van der Waals surface area contributed by atoms with Gasteiger partial charge in [0.1, 0.15) is 11.4 Å². The van der Waals surface area contributed by atoms with Crippen molar-refractivity contribution >= 4 is 0 Å². The molecule has 1 fully saturated rings. The minimum Gasteiger partial charge on any atom is -0.365 e. The molecule has 1 nitrogen and oxygen atoms in total. The normalized spacial score (nSPS) is 28.5. The van der Waals surface area contributed by atoms with Crippen LogP contribution in [0.2, 0.25) is 0 Å². The average molecular weight is 152 g/mol. The molecule has 0 spiro atoms. The second-order valence-electron chi connectivity index (χ2n) is 3.00. The fraction of sp³-hybridized carbons (Fsp3) is 0.333. The third-order valence-corrected chi connectivity index (χ3v) is 2.02. The van der Waals surface area contributed by atoms with E-state index in [1.807, 2.05) is 13.0 Å². The van der Waals surface area contributed by atoms with Gasteiger partial charge in [-0.05, 0) is 13.0 Å². The summed E-state index contributed by atoms with van der Waals surface area (Å²) in [6, 6.07) is 6.74. The Hall–Kier alpha value is -0.890. The Labute approximate surface area is 64.8 Å². The van der Waals surface area contributed by atoms with E-state index in [2.05, 4.69) is 0 Å². The molecule has 2 heteroatoms. The number of rotatable bonds is 1.